The third-order valence-electron chi connectivity index (χ3n) is 2.72. The van der Waals surface area contributed by atoms with Gasteiger partial charge in [-0.2, -0.15) is 18.3 Å². The monoisotopic (exact) mass is 290 g/mol. The minimum atomic E-state index is -4.43. The zero-order chi connectivity index (χ0) is 14.2. The molecule has 0 aromatic carbocycles. The average molecular weight is 290 g/mol. The van der Waals surface area contributed by atoms with E-state index in [0.717, 1.165) is 12.1 Å². The maximum absolute atomic E-state index is 12.5. The summed E-state index contributed by atoms with van der Waals surface area (Å²) in [7, 11) is 1.72. The molecule has 2 rings (SSSR count). The Bertz CT molecular complexity index is 573. The van der Waals surface area contributed by atoms with Crippen LogP contribution < -0.4 is 5.73 Å². The number of nitrogens with two attached hydrogens (primary N) is 1. The summed E-state index contributed by atoms with van der Waals surface area (Å²) in [5.74, 6) is 0. The molecule has 0 saturated carbocycles. The molecule has 2 N–H and O–H groups in total. The van der Waals surface area contributed by atoms with Crippen LogP contribution >= 0.6 is 11.3 Å². The van der Waals surface area contributed by atoms with Crippen molar-refractivity contribution >= 4 is 11.3 Å². The number of halogens is 3. The van der Waals surface area contributed by atoms with Gasteiger partial charge in [0.25, 0.3) is 0 Å². The van der Waals surface area contributed by atoms with Crippen molar-refractivity contribution in [1.29, 1.82) is 0 Å². The molecule has 4 nitrogen and oxygen atoms in total. The molecule has 2 heterocycles. The van der Waals surface area contributed by atoms with E-state index in [-0.39, 0.29) is 0 Å². The van der Waals surface area contributed by atoms with E-state index < -0.39 is 17.2 Å². The van der Waals surface area contributed by atoms with Crippen LogP contribution in [0.3, 0.4) is 0 Å². The van der Waals surface area contributed by atoms with Gasteiger partial charge in [-0.05, 0) is 12.5 Å². The van der Waals surface area contributed by atoms with Gasteiger partial charge in [0.1, 0.15) is 0 Å². The predicted molar refractivity (Wildman–Crippen MR) is 65.7 cm³/mol. The van der Waals surface area contributed by atoms with Crippen molar-refractivity contribution in [3.05, 3.63) is 33.5 Å². The van der Waals surface area contributed by atoms with E-state index in [9.17, 15) is 13.2 Å². The van der Waals surface area contributed by atoms with E-state index >= 15 is 0 Å². The summed E-state index contributed by atoms with van der Waals surface area (Å²) in [6.07, 6.45) is -2.50. The van der Waals surface area contributed by atoms with Gasteiger partial charge in [0.2, 0.25) is 0 Å². The van der Waals surface area contributed by atoms with E-state index in [1.165, 1.54) is 6.20 Å². The second-order valence-electron chi connectivity index (χ2n) is 4.08. The summed E-state index contributed by atoms with van der Waals surface area (Å²) in [4.78, 5) is 3.75. The van der Waals surface area contributed by atoms with Gasteiger partial charge in [0.05, 0.1) is 17.4 Å². The minimum absolute atomic E-state index is 0.373. The number of alkyl halides is 3. The molecule has 0 radical (unpaired) electrons. The molecular weight excluding hydrogens is 277 g/mol. The standard InChI is InChI=1S/C11H13F3N4S/c1-3-6-4-7(18(2)17-6)9(15)8-5-16-10(19-8)11(12,13)14/h4-5,9H,3,15H2,1-2H3. The highest BCUT2D eigenvalue weighted by atomic mass is 32.1. The number of aryl methyl sites for hydroxylation is 2. The fourth-order valence-corrected chi connectivity index (χ4v) is 2.51. The molecule has 0 aliphatic heterocycles. The number of thiazole rings is 1. The van der Waals surface area contributed by atoms with Gasteiger partial charge in [-0.3, -0.25) is 4.68 Å². The lowest BCUT2D eigenvalue weighted by molar-refractivity contribution is -0.137. The van der Waals surface area contributed by atoms with Crippen LogP contribution in [0.25, 0.3) is 0 Å². The van der Waals surface area contributed by atoms with Crippen molar-refractivity contribution in [3.8, 4) is 0 Å². The number of rotatable bonds is 3. The lowest BCUT2D eigenvalue weighted by atomic mass is 10.2. The van der Waals surface area contributed by atoms with Crippen molar-refractivity contribution in [1.82, 2.24) is 14.8 Å². The third kappa shape index (κ3) is 2.79. The van der Waals surface area contributed by atoms with Gasteiger partial charge in [0, 0.05) is 18.1 Å². The summed E-state index contributed by atoms with van der Waals surface area (Å²) in [5, 5.41) is 3.35. The van der Waals surface area contributed by atoms with Crippen LogP contribution in [0.1, 0.15) is 34.2 Å². The maximum atomic E-state index is 12.5. The van der Waals surface area contributed by atoms with Crippen LogP contribution in [0.2, 0.25) is 0 Å². The fourth-order valence-electron chi connectivity index (χ4n) is 1.71. The summed E-state index contributed by atoms with van der Waals surface area (Å²) < 4.78 is 39.1. The van der Waals surface area contributed by atoms with Crippen LogP contribution in [0, 0.1) is 0 Å². The summed E-state index contributed by atoms with van der Waals surface area (Å²) in [5.41, 5.74) is 7.51. The van der Waals surface area contributed by atoms with Gasteiger partial charge in [-0.15, -0.1) is 11.3 Å². The van der Waals surface area contributed by atoms with E-state index in [2.05, 4.69) is 10.1 Å². The molecule has 8 heteroatoms. The van der Waals surface area contributed by atoms with Gasteiger partial charge < -0.3 is 5.73 Å². The lowest BCUT2D eigenvalue weighted by Crippen LogP contribution is -2.14. The number of nitrogens with zero attached hydrogens (tertiary/aromatic N) is 3. The SMILES string of the molecule is CCc1cc(C(N)c2cnc(C(F)(F)F)s2)n(C)n1. The van der Waals surface area contributed by atoms with Crippen molar-refractivity contribution in [2.75, 3.05) is 0 Å². The van der Waals surface area contributed by atoms with E-state index in [0.29, 0.717) is 21.9 Å². The van der Waals surface area contributed by atoms with Crippen molar-refractivity contribution in [3.63, 3.8) is 0 Å². The normalized spacial score (nSPS) is 13.8. The summed E-state index contributed by atoms with van der Waals surface area (Å²) >= 11 is 0.566. The van der Waals surface area contributed by atoms with Gasteiger partial charge >= 0.3 is 6.18 Å². The molecule has 2 aromatic rings. The highest BCUT2D eigenvalue weighted by Gasteiger charge is 2.35. The average Bonchev–Trinajstić information content (AvgIpc) is 2.93. The topological polar surface area (TPSA) is 56.7 Å². The molecule has 1 atom stereocenters. The largest absolute Gasteiger partial charge is 0.443 e. The van der Waals surface area contributed by atoms with Crippen molar-refractivity contribution in [2.45, 2.75) is 25.6 Å². The third-order valence-corrected chi connectivity index (χ3v) is 3.85. The molecule has 0 bridgehead atoms. The second kappa shape index (κ2) is 4.93. The van der Waals surface area contributed by atoms with E-state index in [1.807, 2.05) is 6.92 Å². The zero-order valence-corrected chi connectivity index (χ0v) is 11.2. The van der Waals surface area contributed by atoms with Gasteiger partial charge in [-0.25, -0.2) is 4.98 Å². The van der Waals surface area contributed by atoms with Crippen LogP contribution in [0.4, 0.5) is 13.2 Å². The Hall–Kier alpha value is -1.41. The smallest absolute Gasteiger partial charge is 0.318 e. The molecule has 0 aliphatic rings. The molecule has 1 unspecified atom stereocenters. The zero-order valence-electron chi connectivity index (χ0n) is 10.4. The number of aromatic nitrogens is 3. The Morgan fingerprint density at radius 3 is 2.63 bits per heavy atom. The molecule has 0 fully saturated rings. The molecule has 0 amide bonds. The molecule has 2 aromatic heterocycles. The Balaban J connectivity index is 2.31. The van der Waals surface area contributed by atoms with Gasteiger partial charge in [-0.1, -0.05) is 6.92 Å². The Morgan fingerprint density at radius 2 is 2.16 bits per heavy atom. The van der Waals surface area contributed by atoms with Crippen LogP contribution in [0.5, 0.6) is 0 Å². The number of hydrogen-bond acceptors (Lipinski definition) is 4. The predicted octanol–water partition coefficient (Wildman–Crippen LogP) is 2.51. The molecule has 104 valence electrons. The first kappa shape index (κ1) is 14.0. The van der Waals surface area contributed by atoms with Crippen LogP contribution in [-0.2, 0) is 19.6 Å². The molecule has 0 aliphatic carbocycles. The van der Waals surface area contributed by atoms with E-state index in [1.54, 1.807) is 17.8 Å². The van der Waals surface area contributed by atoms with Crippen LogP contribution in [-0.4, -0.2) is 14.8 Å². The summed E-state index contributed by atoms with van der Waals surface area (Å²) in [6.45, 7) is 1.95. The molecule has 19 heavy (non-hydrogen) atoms. The molecule has 0 saturated heterocycles. The highest BCUT2D eigenvalue weighted by molar-refractivity contribution is 7.11. The lowest BCUT2D eigenvalue weighted by Gasteiger charge is -2.08. The van der Waals surface area contributed by atoms with Gasteiger partial charge in [0.15, 0.2) is 5.01 Å². The minimum Gasteiger partial charge on any atom is -0.318 e. The first-order valence-corrected chi connectivity index (χ1v) is 6.46. The second-order valence-corrected chi connectivity index (χ2v) is 5.14. The maximum Gasteiger partial charge on any atom is 0.443 e. The quantitative estimate of drug-likeness (QED) is 0.945. The highest BCUT2D eigenvalue weighted by Crippen LogP contribution is 2.35. The number of hydrogen-bond donors (Lipinski definition) is 1. The molecule has 0 spiro atoms. The van der Waals surface area contributed by atoms with Crippen LogP contribution in [0.15, 0.2) is 12.3 Å². The first-order valence-electron chi connectivity index (χ1n) is 5.64. The van der Waals surface area contributed by atoms with E-state index in [4.69, 9.17) is 5.73 Å². The fraction of sp³-hybridized carbons (Fsp3) is 0.455. The van der Waals surface area contributed by atoms with Crippen molar-refractivity contribution in [2.24, 2.45) is 12.8 Å². The first-order chi connectivity index (χ1) is 8.82. The Morgan fingerprint density at radius 1 is 1.47 bits per heavy atom. The Kier molecular flexibility index (Phi) is 3.64. The molecular formula is C11H13F3N4S. The Labute approximate surface area is 112 Å². The summed E-state index contributed by atoms with van der Waals surface area (Å²) in [6, 6.07) is 1.16. The van der Waals surface area contributed by atoms with Crippen molar-refractivity contribution < 1.29 is 13.2 Å².